The summed E-state index contributed by atoms with van der Waals surface area (Å²) in [4.78, 5) is 11.4. The Hall–Kier alpha value is -1.57. The van der Waals surface area contributed by atoms with E-state index in [1.807, 2.05) is 44.2 Å². The first-order valence-electron chi connectivity index (χ1n) is 5.70. The maximum absolute atomic E-state index is 11.4. The summed E-state index contributed by atoms with van der Waals surface area (Å²) in [5.41, 5.74) is 1.00. The highest BCUT2D eigenvalue weighted by molar-refractivity contribution is 5.87. The van der Waals surface area contributed by atoms with Crippen LogP contribution < -0.4 is 0 Å². The molecule has 0 radical (unpaired) electrons. The van der Waals surface area contributed by atoms with Crippen LogP contribution in [0.25, 0.3) is 6.08 Å². The van der Waals surface area contributed by atoms with Crippen LogP contribution in [-0.4, -0.2) is 12.1 Å². The molecule has 0 fully saturated rings. The van der Waals surface area contributed by atoms with Crippen LogP contribution in [-0.2, 0) is 9.53 Å². The number of hydrogen-bond acceptors (Lipinski definition) is 2. The van der Waals surface area contributed by atoms with Crippen LogP contribution in [0.1, 0.15) is 32.3 Å². The first-order valence-corrected chi connectivity index (χ1v) is 5.70. The van der Waals surface area contributed by atoms with Gasteiger partial charge in [-0.05, 0) is 24.5 Å². The Morgan fingerprint density at radius 1 is 1.25 bits per heavy atom. The molecule has 0 bridgehead atoms. The Kier molecular flexibility index (Phi) is 5.34. The third-order valence-electron chi connectivity index (χ3n) is 2.40. The van der Waals surface area contributed by atoms with Gasteiger partial charge in [-0.15, -0.1) is 0 Å². The van der Waals surface area contributed by atoms with E-state index < -0.39 is 0 Å². The molecule has 0 aliphatic carbocycles. The van der Waals surface area contributed by atoms with Gasteiger partial charge in [0, 0.05) is 6.08 Å². The van der Waals surface area contributed by atoms with E-state index in [-0.39, 0.29) is 12.1 Å². The van der Waals surface area contributed by atoms with Crippen LogP contribution >= 0.6 is 0 Å². The summed E-state index contributed by atoms with van der Waals surface area (Å²) in [6, 6.07) is 9.71. The molecule has 86 valence electrons. The van der Waals surface area contributed by atoms with Crippen molar-refractivity contribution in [3.05, 3.63) is 42.0 Å². The van der Waals surface area contributed by atoms with E-state index in [2.05, 4.69) is 0 Å². The van der Waals surface area contributed by atoms with Crippen molar-refractivity contribution in [3.63, 3.8) is 0 Å². The van der Waals surface area contributed by atoms with Crippen molar-refractivity contribution >= 4 is 12.0 Å². The Labute approximate surface area is 96.9 Å². The van der Waals surface area contributed by atoms with E-state index >= 15 is 0 Å². The molecule has 1 aromatic carbocycles. The Balaban J connectivity index is 2.48. The molecule has 0 heterocycles. The van der Waals surface area contributed by atoms with Gasteiger partial charge in [-0.25, -0.2) is 4.79 Å². The highest BCUT2D eigenvalue weighted by Gasteiger charge is 2.06. The zero-order valence-corrected chi connectivity index (χ0v) is 9.85. The normalized spacial score (nSPS) is 10.9. The molecule has 0 spiro atoms. The molecule has 2 nitrogen and oxygen atoms in total. The highest BCUT2D eigenvalue weighted by atomic mass is 16.5. The average molecular weight is 218 g/mol. The molecule has 1 rings (SSSR count). The summed E-state index contributed by atoms with van der Waals surface area (Å²) in [5.74, 6) is -0.266. The smallest absolute Gasteiger partial charge is 0.331 e. The molecule has 0 aromatic heterocycles. The van der Waals surface area contributed by atoms with Crippen LogP contribution in [0.5, 0.6) is 0 Å². The van der Waals surface area contributed by atoms with Crippen LogP contribution in [0.3, 0.4) is 0 Å². The fourth-order valence-corrected chi connectivity index (χ4v) is 1.39. The summed E-state index contributed by atoms with van der Waals surface area (Å²) in [6.07, 6.45) is 5.01. The van der Waals surface area contributed by atoms with Gasteiger partial charge >= 0.3 is 5.97 Å². The largest absolute Gasteiger partial charge is 0.459 e. The van der Waals surface area contributed by atoms with Gasteiger partial charge in [-0.1, -0.05) is 44.2 Å². The lowest BCUT2D eigenvalue weighted by Crippen LogP contribution is -2.14. The molecule has 0 unspecified atom stereocenters. The maximum atomic E-state index is 11.4. The summed E-state index contributed by atoms with van der Waals surface area (Å²) < 4.78 is 5.24. The minimum atomic E-state index is -0.266. The zero-order valence-electron chi connectivity index (χ0n) is 9.85. The molecule has 2 heteroatoms. The first kappa shape index (κ1) is 12.5. The quantitative estimate of drug-likeness (QED) is 0.559. The van der Waals surface area contributed by atoms with Gasteiger partial charge in [0.15, 0.2) is 0 Å². The van der Waals surface area contributed by atoms with Crippen molar-refractivity contribution in [3.8, 4) is 0 Å². The number of benzene rings is 1. The van der Waals surface area contributed by atoms with Crippen molar-refractivity contribution < 1.29 is 9.53 Å². The summed E-state index contributed by atoms with van der Waals surface area (Å²) >= 11 is 0. The van der Waals surface area contributed by atoms with Crippen LogP contribution in [0, 0.1) is 0 Å². The number of ether oxygens (including phenoxy) is 1. The summed E-state index contributed by atoms with van der Waals surface area (Å²) in [7, 11) is 0. The number of rotatable bonds is 5. The maximum Gasteiger partial charge on any atom is 0.331 e. The van der Waals surface area contributed by atoms with Crippen molar-refractivity contribution in [2.75, 3.05) is 0 Å². The Morgan fingerprint density at radius 3 is 2.44 bits per heavy atom. The van der Waals surface area contributed by atoms with Crippen LogP contribution in [0.15, 0.2) is 36.4 Å². The molecule has 0 atom stereocenters. The van der Waals surface area contributed by atoms with Crippen molar-refractivity contribution in [2.45, 2.75) is 32.8 Å². The van der Waals surface area contributed by atoms with Crippen molar-refractivity contribution in [1.29, 1.82) is 0 Å². The van der Waals surface area contributed by atoms with Gasteiger partial charge in [0.05, 0.1) is 0 Å². The van der Waals surface area contributed by atoms with Crippen molar-refractivity contribution in [1.82, 2.24) is 0 Å². The molecule has 0 saturated heterocycles. The van der Waals surface area contributed by atoms with Gasteiger partial charge in [0.2, 0.25) is 0 Å². The number of carbonyl (C=O) groups excluding carboxylic acids is 1. The summed E-state index contributed by atoms with van der Waals surface area (Å²) in [5, 5.41) is 0. The minimum Gasteiger partial charge on any atom is -0.459 e. The van der Waals surface area contributed by atoms with E-state index in [4.69, 9.17) is 4.74 Å². The van der Waals surface area contributed by atoms with E-state index in [0.29, 0.717) is 0 Å². The topological polar surface area (TPSA) is 26.3 Å². The second-order valence-electron chi connectivity index (χ2n) is 3.62. The Bertz CT molecular complexity index is 337. The lowest BCUT2D eigenvalue weighted by Gasteiger charge is -2.11. The highest BCUT2D eigenvalue weighted by Crippen LogP contribution is 2.05. The van der Waals surface area contributed by atoms with E-state index in [0.717, 1.165) is 18.4 Å². The Morgan fingerprint density at radius 2 is 1.88 bits per heavy atom. The number of carbonyl (C=O) groups is 1. The molecule has 0 aliphatic heterocycles. The van der Waals surface area contributed by atoms with Crippen LogP contribution in [0.2, 0.25) is 0 Å². The molecule has 0 amide bonds. The van der Waals surface area contributed by atoms with E-state index in [9.17, 15) is 4.79 Å². The molecule has 16 heavy (non-hydrogen) atoms. The lowest BCUT2D eigenvalue weighted by atomic mass is 10.2. The molecule has 0 aliphatic rings. The van der Waals surface area contributed by atoms with Gasteiger partial charge in [-0.3, -0.25) is 0 Å². The van der Waals surface area contributed by atoms with E-state index in [1.54, 1.807) is 6.08 Å². The van der Waals surface area contributed by atoms with E-state index in [1.165, 1.54) is 6.08 Å². The monoisotopic (exact) mass is 218 g/mol. The van der Waals surface area contributed by atoms with Crippen LogP contribution in [0.4, 0.5) is 0 Å². The van der Waals surface area contributed by atoms with Gasteiger partial charge in [-0.2, -0.15) is 0 Å². The predicted molar refractivity (Wildman–Crippen MR) is 65.9 cm³/mol. The first-order chi connectivity index (χ1) is 7.76. The van der Waals surface area contributed by atoms with Crippen molar-refractivity contribution in [2.24, 2.45) is 0 Å². The summed E-state index contributed by atoms with van der Waals surface area (Å²) in [6.45, 7) is 4.03. The molecular formula is C14H18O2. The predicted octanol–water partition coefficient (Wildman–Crippen LogP) is 3.43. The molecule has 0 N–H and O–H groups in total. The standard InChI is InChI=1S/C14H18O2/c1-3-13(4-2)16-14(15)11-10-12-8-6-5-7-9-12/h5-11,13H,3-4H2,1-2H3/b11-10-. The molecule has 1 aromatic rings. The van der Waals surface area contributed by atoms with Gasteiger partial charge in [0.25, 0.3) is 0 Å². The third-order valence-corrected chi connectivity index (χ3v) is 2.40. The minimum absolute atomic E-state index is 0.0351. The number of esters is 1. The van der Waals surface area contributed by atoms with Gasteiger partial charge in [0.1, 0.15) is 6.10 Å². The average Bonchev–Trinajstić information content (AvgIpc) is 2.34. The fourth-order valence-electron chi connectivity index (χ4n) is 1.39. The fraction of sp³-hybridized carbons (Fsp3) is 0.357. The number of hydrogen-bond donors (Lipinski definition) is 0. The lowest BCUT2D eigenvalue weighted by molar-refractivity contribution is -0.143. The zero-order chi connectivity index (χ0) is 11.8. The third kappa shape index (κ3) is 4.30. The second-order valence-corrected chi connectivity index (χ2v) is 3.62. The second kappa shape index (κ2) is 6.83. The SMILES string of the molecule is CCC(CC)OC(=O)/C=C\c1ccccc1. The molecular weight excluding hydrogens is 200 g/mol. The molecule has 0 saturated carbocycles. The van der Waals surface area contributed by atoms with Gasteiger partial charge < -0.3 is 4.74 Å².